The Morgan fingerprint density at radius 2 is 1.83 bits per heavy atom. The maximum atomic E-state index is 14.2. The van der Waals surface area contributed by atoms with Crippen molar-refractivity contribution in [2.45, 2.75) is 32.4 Å². The number of H-pyrrole nitrogens is 1. The van der Waals surface area contributed by atoms with Gasteiger partial charge in [0.2, 0.25) is 0 Å². The average Bonchev–Trinajstić information content (AvgIpc) is 3.01. The summed E-state index contributed by atoms with van der Waals surface area (Å²) in [5, 5.41) is 12.2. The highest BCUT2D eigenvalue weighted by Gasteiger charge is 2.18. The molecule has 0 aliphatic heterocycles. The molecule has 8 heteroatoms. The number of aromatic amines is 1. The van der Waals surface area contributed by atoms with Crippen LogP contribution in [-0.4, -0.2) is 34.9 Å². The molecule has 5 nitrogen and oxygen atoms in total. The molecule has 1 aromatic heterocycles. The quantitative estimate of drug-likeness (QED) is 0.572. The lowest BCUT2D eigenvalue weighted by molar-refractivity contribution is 0.118. The van der Waals surface area contributed by atoms with Crippen molar-refractivity contribution in [3.05, 3.63) is 59.4 Å². The Labute approximate surface area is 165 Å². The number of hydrogen-bond donors (Lipinski definition) is 3. The number of amides is 1. The molecule has 2 unspecified atom stereocenters. The van der Waals surface area contributed by atoms with Crippen LogP contribution >= 0.6 is 0 Å². The van der Waals surface area contributed by atoms with Gasteiger partial charge < -0.3 is 20.1 Å². The molecule has 0 aliphatic rings. The van der Waals surface area contributed by atoms with Crippen molar-refractivity contribution in [2.24, 2.45) is 0 Å². The number of rotatable bonds is 6. The van der Waals surface area contributed by atoms with Crippen LogP contribution in [0.5, 0.6) is 0 Å². The SMILES string of the molecule is CC(O)C(C)NC(=O)OCCc1c(-c2ccc(F)cc2)[nH]c2c(F)cc(F)cc12. The first-order valence-electron chi connectivity index (χ1n) is 9.13. The second kappa shape index (κ2) is 8.57. The van der Waals surface area contributed by atoms with Gasteiger partial charge in [0.05, 0.1) is 24.3 Å². The molecule has 1 heterocycles. The summed E-state index contributed by atoms with van der Waals surface area (Å²) in [4.78, 5) is 14.8. The molecule has 3 rings (SSSR count). The molecule has 0 aliphatic carbocycles. The molecule has 154 valence electrons. The smallest absolute Gasteiger partial charge is 0.407 e. The fourth-order valence-corrected chi connectivity index (χ4v) is 2.99. The minimum atomic E-state index is -0.751. The van der Waals surface area contributed by atoms with Gasteiger partial charge in [-0.2, -0.15) is 0 Å². The van der Waals surface area contributed by atoms with Crippen molar-refractivity contribution in [1.82, 2.24) is 10.3 Å². The van der Waals surface area contributed by atoms with Crippen molar-refractivity contribution >= 4 is 17.0 Å². The number of aliphatic hydroxyl groups is 1. The number of carbonyl (C=O) groups is 1. The predicted octanol–water partition coefficient (Wildman–Crippen LogP) is 4.29. The van der Waals surface area contributed by atoms with Gasteiger partial charge in [-0.1, -0.05) is 0 Å². The lowest BCUT2D eigenvalue weighted by Gasteiger charge is -2.16. The lowest BCUT2D eigenvalue weighted by atomic mass is 10.0. The van der Waals surface area contributed by atoms with E-state index in [0.717, 1.165) is 6.07 Å². The van der Waals surface area contributed by atoms with Gasteiger partial charge in [-0.05, 0) is 55.3 Å². The highest BCUT2D eigenvalue weighted by Crippen LogP contribution is 2.33. The largest absolute Gasteiger partial charge is 0.449 e. The predicted molar refractivity (Wildman–Crippen MR) is 103 cm³/mol. The van der Waals surface area contributed by atoms with Crippen LogP contribution in [0.3, 0.4) is 0 Å². The molecule has 29 heavy (non-hydrogen) atoms. The summed E-state index contributed by atoms with van der Waals surface area (Å²) >= 11 is 0. The lowest BCUT2D eigenvalue weighted by Crippen LogP contribution is -2.40. The number of alkyl carbamates (subject to hydrolysis) is 1. The number of aromatic nitrogens is 1. The van der Waals surface area contributed by atoms with E-state index in [0.29, 0.717) is 22.2 Å². The molecule has 3 N–H and O–H groups in total. The Morgan fingerprint density at radius 1 is 1.14 bits per heavy atom. The van der Waals surface area contributed by atoms with Gasteiger partial charge in [-0.25, -0.2) is 18.0 Å². The molecule has 0 bridgehead atoms. The summed E-state index contributed by atoms with van der Waals surface area (Å²) in [6.07, 6.45) is -1.28. The zero-order valence-electron chi connectivity index (χ0n) is 15.9. The van der Waals surface area contributed by atoms with E-state index in [4.69, 9.17) is 4.74 Å². The van der Waals surface area contributed by atoms with Crippen molar-refractivity contribution < 1.29 is 27.8 Å². The van der Waals surface area contributed by atoms with Crippen molar-refractivity contribution in [3.63, 3.8) is 0 Å². The molecule has 3 aromatic rings. The Hall–Kier alpha value is -3.00. The number of carbonyl (C=O) groups excluding carboxylic acids is 1. The molecular formula is C21H21F3N2O3. The van der Waals surface area contributed by atoms with E-state index in [1.54, 1.807) is 6.92 Å². The fraction of sp³-hybridized carbons (Fsp3) is 0.286. The van der Waals surface area contributed by atoms with Crippen LogP contribution in [0.4, 0.5) is 18.0 Å². The standard InChI is InChI=1S/C21H21F3N2O3/c1-11(12(2)27)25-21(28)29-8-7-16-17-9-15(23)10-18(24)20(17)26-19(16)13-3-5-14(22)6-4-13/h3-6,9-12,26-27H,7-8H2,1-2H3,(H,25,28). The number of nitrogens with one attached hydrogen (secondary N) is 2. The number of hydrogen-bond acceptors (Lipinski definition) is 3. The van der Waals surface area contributed by atoms with Crippen molar-refractivity contribution in [3.8, 4) is 11.3 Å². The summed E-state index contributed by atoms with van der Waals surface area (Å²) in [6, 6.07) is 7.07. The third kappa shape index (κ3) is 4.71. The Kier molecular flexibility index (Phi) is 6.12. The third-order valence-corrected chi connectivity index (χ3v) is 4.72. The Bertz CT molecular complexity index is 1020. The van der Waals surface area contributed by atoms with Crippen LogP contribution < -0.4 is 5.32 Å². The molecule has 1 amide bonds. The van der Waals surface area contributed by atoms with Crippen LogP contribution in [0, 0.1) is 17.5 Å². The van der Waals surface area contributed by atoms with Crippen LogP contribution in [0.1, 0.15) is 19.4 Å². The average molecular weight is 406 g/mol. The van der Waals surface area contributed by atoms with Gasteiger partial charge >= 0.3 is 6.09 Å². The van der Waals surface area contributed by atoms with Gasteiger partial charge in [0.25, 0.3) is 0 Å². The number of fused-ring (bicyclic) bond motifs is 1. The van der Waals surface area contributed by atoms with Gasteiger partial charge in [-0.15, -0.1) is 0 Å². The molecular weight excluding hydrogens is 385 g/mol. The second-order valence-corrected chi connectivity index (χ2v) is 6.86. The maximum Gasteiger partial charge on any atom is 0.407 e. The molecule has 0 saturated heterocycles. The maximum absolute atomic E-state index is 14.2. The van der Waals surface area contributed by atoms with E-state index in [9.17, 15) is 23.1 Å². The summed E-state index contributed by atoms with van der Waals surface area (Å²) < 4.78 is 46.4. The topological polar surface area (TPSA) is 74.3 Å². The number of aliphatic hydroxyl groups excluding tert-OH is 1. The third-order valence-electron chi connectivity index (χ3n) is 4.72. The van der Waals surface area contributed by atoms with Crippen LogP contribution in [0.2, 0.25) is 0 Å². The first kappa shape index (κ1) is 20.7. The van der Waals surface area contributed by atoms with Crippen molar-refractivity contribution in [1.29, 1.82) is 0 Å². The second-order valence-electron chi connectivity index (χ2n) is 6.86. The Balaban J connectivity index is 1.88. The van der Waals surface area contributed by atoms with E-state index < -0.39 is 35.7 Å². The summed E-state index contributed by atoms with van der Waals surface area (Å²) in [5.41, 5.74) is 1.74. The number of halogens is 3. The van der Waals surface area contributed by atoms with Crippen molar-refractivity contribution in [2.75, 3.05) is 6.61 Å². The zero-order chi connectivity index (χ0) is 21.1. The highest BCUT2D eigenvalue weighted by molar-refractivity contribution is 5.91. The fourth-order valence-electron chi connectivity index (χ4n) is 2.99. The molecule has 0 spiro atoms. The first-order chi connectivity index (χ1) is 13.8. The molecule has 0 fully saturated rings. The molecule has 2 atom stereocenters. The summed E-state index contributed by atoms with van der Waals surface area (Å²) in [7, 11) is 0. The van der Waals surface area contributed by atoms with Gasteiger partial charge in [0, 0.05) is 23.6 Å². The van der Waals surface area contributed by atoms with E-state index in [1.807, 2.05) is 0 Å². The molecule has 0 saturated carbocycles. The summed E-state index contributed by atoms with van der Waals surface area (Å²) in [5.74, 6) is -1.90. The van der Waals surface area contributed by atoms with E-state index in [1.165, 1.54) is 37.3 Å². The van der Waals surface area contributed by atoms with Crippen LogP contribution in [-0.2, 0) is 11.2 Å². The normalized spacial score (nSPS) is 13.3. The first-order valence-corrected chi connectivity index (χ1v) is 9.13. The van der Waals surface area contributed by atoms with Gasteiger partial charge in [0.15, 0.2) is 0 Å². The zero-order valence-corrected chi connectivity index (χ0v) is 15.9. The Morgan fingerprint density at radius 3 is 2.48 bits per heavy atom. The number of ether oxygens (including phenoxy) is 1. The minimum Gasteiger partial charge on any atom is -0.449 e. The van der Waals surface area contributed by atoms with E-state index in [-0.39, 0.29) is 18.5 Å². The van der Waals surface area contributed by atoms with E-state index >= 15 is 0 Å². The van der Waals surface area contributed by atoms with Crippen LogP contribution in [0.25, 0.3) is 22.2 Å². The number of benzene rings is 2. The van der Waals surface area contributed by atoms with Gasteiger partial charge in [-0.3, -0.25) is 0 Å². The highest BCUT2D eigenvalue weighted by atomic mass is 19.1. The summed E-state index contributed by atoms with van der Waals surface area (Å²) in [6.45, 7) is 3.11. The van der Waals surface area contributed by atoms with Gasteiger partial charge in [0.1, 0.15) is 17.5 Å². The monoisotopic (exact) mass is 406 g/mol. The minimum absolute atomic E-state index is 0.0579. The molecule has 0 radical (unpaired) electrons. The van der Waals surface area contributed by atoms with Crippen LogP contribution in [0.15, 0.2) is 36.4 Å². The van der Waals surface area contributed by atoms with E-state index in [2.05, 4.69) is 10.3 Å². The molecule has 2 aromatic carbocycles.